The number of hydrogen-bond acceptors (Lipinski definition) is 4. The van der Waals surface area contributed by atoms with Crippen molar-refractivity contribution in [2.24, 2.45) is 0 Å². The number of benzene rings is 2. The summed E-state index contributed by atoms with van der Waals surface area (Å²) in [5.41, 5.74) is 0.212. The number of aliphatic hydroxyl groups is 1. The van der Waals surface area contributed by atoms with E-state index >= 15 is 0 Å². The van der Waals surface area contributed by atoms with E-state index in [0.717, 1.165) is 12.1 Å². The minimum Gasteiger partial charge on any atom is -0.449 e. The summed E-state index contributed by atoms with van der Waals surface area (Å²) in [6.45, 7) is 1.62. The van der Waals surface area contributed by atoms with E-state index in [-0.39, 0.29) is 5.75 Å². The fourth-order valence-corrected chi connectivity index (χ4v) is 2.18. The van der Waals surface area contributed by atoms with Crippen LogP contribution in [0.15, 0.2) is 40.9 Å². The molecule has 0 aliphatic rings. The Bertz CT molecular complexity index is 691. The summed E-state index contributed by atoms with van der Waals surface area (Å²) in [5.74, 6) is -0.446. The van der Waals surface area contributed by atoms with Gasteiger partial charge in [-0.3, -0.25) is 10.1 Å². The molecule has 2 rings (SSSR count). The summed E-state index contributed by atoms with van der Waals surface area (Å²) in [7, 11) is 0. The molecule has 7 heteroatoms. The van der Waals surface area contributed by atoms with Crippen molar-refractivity contribution < 1.29 is 19.2 Å². The van der Waals surface area contributed by atoms with Crippen LogP contribution in [0.1, 0.15) is 18.6 Å². The van der Waals surface area contributed by atoms with E-state index in [1.54, 1.807) is 25.1 Å². The highest BCUT2D eigenvalue weighted by Gasteiger charge is 2.18. The van der Waals surface area contributed by atoms with E-state index in [1.165, 1.54) is 6.07 Å². The zero-order valence-corrected chi connectivity index (χ0v) is 12.5. The maximum absolute atomic E-state index is 13.1. The average Bonchev–Trinajstić information content (AvgIpc) is 2.42. The Morgan fingerprint density at radius 1 is 1.29 bits per heavy atom. The molecule has 0 saturated heterocycles. The SMILES string of the molecule is C[C@H](O)c1ccc(Oc2ccc(F)cc2[N+](=O)[O-])c(Br)c1. The van der Waals surface area contributed by atoms with Gasteiger partial charge in [0, 0.05) is 0 Å². The number of nitro benzene ring substituents is 1. The lowest BCUT2D eigenvalue weighted by Gasteiger charge is -2.11. The zero-order valence-electron chi connectivity index (χ0n) is 10.9. The van der Waals surface area contributed by atoms with E-state index in [4.69, 9.17) is 4.74 Å². The van der Waals surface area contributed by atoms with Crippen LogP contribution in [0.5, 0.6) is 11.5 Å². The second-order valence-corrected chi connectivity index (χ2v) is 5.19. The third-order valence-corrected chi connectivity index (χ3v) is 3.40. The Morgan fingerprint density at radius 2 is 1.95 bits per heavy atom. The van der Waals surface area contributed by atoms with Gasteiger partial charge in [0.1, 0.15) is 11.6 Å². The largest absolute Gasteiger partial charge is 0.449 e. The Labute approximate surface area is 128 Å². The summed E-state index contributed by atoms with van der Waals surface area (Å²) < 4.78 is 19.1. The molecule has 0 saturated carbocycles. The van der Waals surface area contributed by atoms with Gasteiger partial charge in [-0.25, -0.2) is 4.39 Å². The number of aliphatic hydroxyl groups excluding tert-OH is 1. The molecule has 0 aliphatic carbocycles. The molecule has 0 aromatic heterocycles. The minimum atomic E-state index is -0.712. The van der Waals surface area contributed by atoms with Crippen LogP contribution in [0, 0.1) is 15.9 Å². The molecule has 21 heavy (non-hydrogen) atoms. The highest BCUT2D eigenvalue weighted by molar-refractivity contribution is 9.10. The van der Waals surface area contributed by atoms with E-state index in [1.807, 2.05) is 0 Å². The van der Waals surface area contributed by atoms with Crippen LogP contribution in [0.4, 0.5) is 10.1 Å². The van der Waals surface area contributed by atoms with Crippen LogP contribution in [-0.2, 0) is 0 Å². The maximum Gasteiger partial charge on any atom is 0.314 e. The van der Waals surface area contributed by atoms with Crippen molar-refractivity contribution in [1.29, 1.82) is 0 Å². The Balaban J connectivity index is 2.37. The minimum absolute atomic E-state index is 0.0631. The average molecular weight is 356 g/mol. The standard InChI is InChI=1S/C14H11BrFNO4/c1-8(18)9-2-4-13(11(15)6-9)21-14-5-3-10(16)7-12(14)17(19)20/h2-8,18H,1H3/t8-/m0/s1. The molecule has 0 amide bonds. The molecule has 0 unspecified atom stereocenters. The van der Waals surface area contributed by atoms with Crippen molar-refractivity contribution in [1.82, 2.24) is 0 Å². The van der Waals surface area contributed by atoms with Crippen molar-refractivity contribution in [3.63, 3.8) is 0 Å². The highest BCUT2D eigenvalue weighted by Crippen LogP contribution is 2.36. The van der Waals surface area contributed by atoms with Gasteiger partial charge in [0.15, 0.2) is 0 Å². The first-order chi connectivity index (χ1) is 9.88. The lowest BCUT2D eigenvalue weighted by molar-refractivity contribution is -0.385. The lowest BCUT2D eigenvalue weighted by Crippen LogP contribution is -1.96. The normalized spacial score (nSPS) is 12.0. The Morgan fingerprint density at radius 3 is 2.52 bits per heavy atom. The molecule has 0 aliphatic heterocycles. The van der Waals surface area contributed by atoms with Crippen molar-refractivity contribution >= 4 is 21.6 Å². The van der Waals surface area contributed by atoms with Crippen molar-refractivity contribution in [3.8, 4) is 11.5 Å². The fourth-order valence-electron chi connectivity index (χ4n) is 1.70. The number of halogens is 2. The third kappa shape index (κ3) is 3.56. The zero-order chi connectivity index (χ0) is 15.6. The number of nitrogens with zero attached hydrogens (tertiary/aromatic N) is 1. The topological polar surface area (TPSA) is 72.6 Å². The molecular formula is C14H11BrFNO4. The summed E-state index contributed by atoms with van der Waals surface area (Å²) >= 11 is 3.27. The van der Waals surface area contributed by atoms with Gasteiger partial charge in [-0.2, -0.15) is 0 Å². The van der Waals surface area contributed by atoms with Crippen molar-refractivity contribution in [2.75, 3.05) is 0 Å². The van der Waals surface area contributed by atoms with Crippen LogP contribution in [0.2, 0.25) is 0 Å². The lowest BCUT2D eigenvalue weighted by atomic mass is 10.1. The molecule has 0 fully saturated rings. The molecule has 5 nitrogen and oxygen atoms in total. The second kappa shape index (κ2) is 6.19. The summed E-state index contributed by atoms with van der Waals surface area (Å²) in [4.78, 5) is 10.2. The van der Waals surface area contributed by atoms with Gasteiger partial charge < -0.3 is 9.84 Å². The van der Waals surface area contributed by atoms with Gasteiger partial charge in [-0.05, 0) is 52.7 Å². The molecule has 1 atom stereocenters. The van der Waals surface area contributed by atoms with Crippen molar-refractivity contribution in [2.45, 2.75) is 13.0 Å². The summed E-state index contributed by atoms with van der Waals surface area (Å²) in [6.07, 6.45) is -0.643. The van der Waals surface area contributed by atoms with Crippen LogP contribution in [0.25, 0.3) is 0 Å². The predicted octanol–water partition coefficient (Wildman–Crippen LogP) is 4.34. The van der Waals surface area contributed by atoms with E-state index < -0.39 is 22.5 Å². The van der Waals surface area contributed by atoms with Gasteiger partial charge in [-0.15, -0.1) is 0 Å². The Hall–Kier alpha value is -1.99. The highest BCUT2D eigenvalue weighted by atomic mass is 79.9. The number of ether oxygens (including phenoxy) is 1. The molecular weight excluding hydrogens is 345 g/mol. The molecule has 1 N–H and O–H groups in total. The monoisotopic (exact) mass is 355 g/mol. The maximum atomic E-state index is 13.1. The molecule has 2 aromatic rings. The quantitative estimate of drug-likeness (QED) is 0.653. The van der Waals surface area contributed by atoms with Gasteiger partial charge >= 0.3 is 5.69 Å². The molecule has 0 spiro atoms. The van der Waals surface area contributed by atoms with E-state index in [9.17, 15) is 19.6 Å². The smallest absolute Gasteiger partial charge is 0.314 e. The third-order valence-electron chi connectivity index (χ3n) is 2.78. The fraction of sp³-hybridized carbons (Fsp3) is 0.143. The van der Waals surface area contributed by atoms with E-state index in [0.29, 0.717) is 15.8 Å². The van der Waals surface area contributed by atoms with Gasteiger partial charge in [0.2, 0.25) is 5.75 Å². The first-order valence-corrected chi connectivity index (χ1v) is 6.77. The molecule has 0 bridgehead atoms. The van der Waals surface area contributed by atoms with Crippen LogP contribution in [-0.4, -0.2) is 10.0 Å². The van der Waals surface area contributed by atoms with Crippen molar-refractivity contribution in [3.05, 3.63) is 62.4 Å². The van der Waals surface area contributed by atoms with Gasteiger partial charge in [0.25, 0.3) is 0 Å². The summed E-state index contributed by atoms with van der Waals surface area (Å²) in [5, 5.41) is 20.4. The Kier molecular flexibility index (Phi) is 4.54. The second-order valence-electron chi connectivity index (χ2n) is 4.34. The number of nitro groups is 1. The summed E-state index contributed by atoms with van der Waals surface area (Å²) in [6, 6.07) is 7.94. The number of rotatable bonds is 4. The van der Waals surface area contributed by atoms with Crippen LogP contribution >= 0.6 is 15.9 Å². The van der Waals surface area contributed by atoms with Gasteiger partial charge in [0.05, 0.1) is 21.6 Å². The van der Waals surface area contributed by atoms with Gasteiger partial charge in [-0.1, -0.05) is 6.07 Å². The molecule has 110 valence electrons. The predicted molar refractivity (Wildman–Crippen MR) is 77.9 cm³/mol. The first kappa shape index (κ1) is 15.4. The molecule has 0 radical (unpaired) electrons. The first-order valence-electron chi connectivity index (χ1n) is 5.98. The molecule has 0 heterocycles. The van der Waals surface area contributed by atoms with Crippen LogP contribution < -0.4 is 4.74 Å². The van der Waals surface area contributed by atoms with E-state index in [2.05, 4.69) is 15.9 Å². The van der Waals surface area contributed by atoms with Crippen LogP contribution in [0.3, 0.4) is 0 Å². The number of hydrogen-bond donors (Lipinski definition) is 1. The molecule has 2 aromatic carbocycles.